The first-order valence-electron chi connectivity index (χ1n) is 6.14. The Kier molecular flexibility index (Phi) is 4.23. The van der Waals surface area contributed by atoms with Gasteiger partial charge >= 0.3 is 0 Å². The van der Waals surface area contributed by atoms with Crippen molar-refractivity contribution in [1.29, 1.82) is 0 Å². The highest BCUT2D eigenvalue weighted by Crippen LogP contribution is 2.19. The maximum absolute atomic E-state index is 13.7. The first-order chi connectivity index (χ1) is 9.40. The zero-order valence-electron chi connectivity index (χ0n) is 11.4. The van der Waals surface area contributed by atoms with Gasteiger partial charge in [-0.25, -0.2) is 4.39 Å². The first-order valence-corrected chi connectivity index (χ1v) is 6.94. The van der Waals surface area contributed by atoms with Gasteiger partial charge in [-0.2, -0.15) is 5.10 Å². The van der Waals surface area contributed by atoms with Gasteiger partial charge < -0.3 is 5.32 Å². The highest BCUT2D eigenvalue weighted by Gasteiger charge is 2.18. The molecule has 0 bridgehead atoms. The van der Waals surface area contributed by atoms with Crippen LogP contribution >= 0.6 is 15.9 Å². The van der Waals surface area contributed by atoms with Crippen LogP contribution in [0.3, 0.4) is 0 Å². The normalized spacial score (nSPS) is 12.2. The Hall–Kier alpha value is -1.69. The molecule has 20 heavy (non-hydrogen) atoms. The Balaban J connectivity index is 2.19. The number of carbonyl (C=O) groups excluding carboxylic acids is 1. The highest BCUT2D eigenvalue weighted by molar-refractivity contribution is 9.10. The van der Waals surface area contributed by atoms with Gasteiger partial charge in [0, 0.05) is 22.8 Å². The van der Waals surface area contributed by atoms with E-state index in [0.29, 0.717) is 4.47 Å². The van der Waals surface area contributed by atoms with Crippen LogP contribution in [0.4, 0.5) is 4.39 Å². The molecule has 2 aromatic rings. The summed E-state index contributed by atoms with van der Waals surface area (Å²) >= 11 is 3.23. The topological polar surface area (TPSA) is 46.9 Å². The van der Waals surface area contributed by atoms with Gasteiger partial charge in [-0.3, -0.25) is 9.48 Å². The Morgan fingerprint density at radius 3 is 2.80 bits per heavy atom. The van der Waals surface area contributed by atoms with Crippen LogP contribution < -0.4 is 5.32 Å². The quantitative estimate of drug-likeness (QED) is 0.933. The van der Waals surface area contributed by atoms with E-state index in [4.69, 9.17) is 0 Å². The largest absolute Gasteiger partial charge is 0.345 e. The van der Waals surface area contributed by atoms with Crippen LogP contribution in [-0.2, 0) is 7.05 Å². The predicted octanol–water partition coefficient (Wildman–Crippen LogP) is 3.12. The van der Waals surface area contributed by atoms with Gasteiger partial charge in [-0.1, -0.05) is 15.9 Å². The van der Waals surface area contributed by atoms with E-state index in [1.54, 1.807) is 16.9 Å². The van der Waals surface area contributed by atoms with E-state index >= 15 is 0 Å². The molecule has 0 radical (unpaired) electrons. The van der Waals surface area contributed by atoms with Gasteiger partial charge in [0.1, 0.15) is 5.82 Å². The minimum atomic E-state index is -0.541. The molecule has 1 N–H and O–H groups in total. The van der Waals surface area contributed by atoms with Crippen LogP contribution in [0.25, 0.3) is 0 Å². The molecule has 0 saturated carbocycles. The van der Waals surface area contributed by atoms with E-state index in [-0.39, 0.29) is 11.6 Å². The van der Waals surface area contributed by atoms with Crippen molar-refractivity contribution >= 4 is 21.8 Å². The Bertz CT molecular complexity index is 654. The van der Waals surface area contributed by atoms with Crippen LogP contribution in [-0.4, -0.2) is 15.7 Å². The van der Waals surface area contributed by atoms with Crippen molar-refractivity contribution in [3.8, 4) is 0 Å². The lowest BCUT2D eigenvalue weighted by molar-refractivity contribution is 0.0935. The van der Waals surface area contributed by atoms with Crippen LogP contribution in [0.2, 0.25) is 0 Å². The molecule has 0 aliphatic carbocycles. The average molecular weight is 340 g/mol. The summed E-state index contributed by atoms with van der Waals surface area (Å²) in [5.41, 5.74) is 1.90. The lowest BCUT2D eigenvalue weighted by Crippen LogP contribution is -2.27. The zero-order chi connectivity index (χ0) is 14.9. The molecule has 1 amide bonds. The van der Waals surface area contributed by atoms with E-state index in [1.807, 2.05) is 20.9 Å². The third-order valence-corrected chi connectivity index (χ3v) is 3.75. The maximum Gasteiger partial charge on any atom is 0.254 e. The summed E-state index contributed by atoms with van der Waals surface area (Å²) in [5.74, 6) is -0.986. The summed E-state index contributed by atoms with van der Waals surface area (Å²) in [5, 5.41) is 6.91. The third kappa shape index (κ3) is 2.90. The van der Waals surface area contributed by atoms with E-state index in [9.17, 15) is 9.18 Å². The second-order valence-corrected chi connectivity index (χ2v) is 5.54. The minimum Gasteiger partial charge on any atom is -0.345 e. The van der Waals surface area contributed by atoms with Crippen LogP contribution in [0.1, 0.15) is 34.6 Å². The van der Waals surface area contributed by atoms with Crippen LogP contribution in [0.5, 0.6) is 0 Å². The Labute approximate surface area is 125 Å². The fourth-order valence-corrected chi connectivity index (χ4v) is 2.33. The SMILES string of the molecule is Cc1c(C(C)NC(=O)c2cc(Br)ccc2F)cnn1C. The number of carbonyl (C=O) groups is 1. The van der Waals surface area contributed by atoms with E-state index in [1.165, 1.54) is 12.1 Å². The standard InChI is InChI=1S/C14H15BrFN3O/c1-8(12-7-17-19(3)9(12)2)18-14(20)11-6-10(15)4-5-13(11)16/h4-8H,1-3H3,(H,18,20). The number of hydrogen-bond donors (Lipinski definition) is 1. The molecule has 0 spiro atoms. The molecule has 1 unspecified atom stereocenters. The molecule has 1 atom stereocenters. The number of amides is 1. The number of hydrogen-bond acceptors (Lipinski definition) is 2. The summed E-state index contributed by atoms with van der Waals surface area (Å²) < 4.78 is 16.1. The molecule has 106 valence electrons. The van der Waals surface area contributed by atoms with Crippen molar-refractivity contribution in [2.75, 3.05) is 0 Å². The number of aryl methyl sites for hydroxylation is 1. The van der Waals surface area contributed by atoms with Crippen molar-refractivity contribution in [2.45, 2.75) is 19.9 Å². The molecule has 0 aliphatic heterocycles. The fraction of sp³-hybridized carbons (Fsp3) is 0.286. The first kappa shape index (κ1) is 14.7. The fourth-order valence-electron chi connectivity index (χ4n) is 1.96. The second kappa shape index (κ2) is 5.75. The number of rotatable bonds is 3. The van der Waals surface area contributed by atoms with Crippen molar-refractivity contribution in [3.05, 3.63) is 51.5 Å². The number of nitrogens with zero attached hydrogens (tertiary/aromatic N) is 2. The lowest BCUT2D eigenvalue weighted by atomic mass is 10.1. The van der Waals surface area contributed by atoms with Gasteiger partial charge in [0.15, 0.2) is 0 Å². The molecule has 6 heteroatoms. The van der Waals surface area contributed by atoms with Gasteiger partial charge in [-0.05, 0) is 32.0 Å². The summed E-state index contributed by atoms with van der Waals surface area (Å²) in [4.78, 5) is 12.1. The van der Waals surface area contributed by atoms with Crippen LogP contribution in [0, 0.1) is 12.7 Å². The van der Waals surface area contributed by atoms with Crippen molar-refractivity contribution in [1.82, 2.24) is 15.1 Å². The number of aromatic nitrogens is 2. The van der Waals surface area contributed by atoms with Crippen molar-refractivity contribution < 1.29 is 9.18 Å². The van der Waals surface area contributed by atoms with Gasteiger partial charge in [-0.15, -0.1) is 0 Å². The predicted molar refractivity (Wildman–Crippen MR) is 77.9 cm³/mol. The van der Waals surface area contributed by atoms with Gasteiger partial charge in [0.2, 0.25) is 0 Å². The van der Waals surface area contributed by atoms with Gasteiger partial charge in [0.05, 0.1) is 17.8 Å². The summed E-state index contributed by atoms with van der Waals surface area (Å²) in [6.45, 7) is 3.77. The monoisotopic (exact) mass is 339 g/mol. The second-order valence-electron chi connectivity index (χ2n) is 4.63. The minimum absolute atomic E-state index is 0.0211. The van der Waals surface area contributed by atoms with Crippen molar-refractivity contribution in [2.24, 2.45) is 7.05 Å². The molecule has 2 rings (SSSR count). The lowest BCUT2D eigenvalue weighted by Gasteiger charge is -2.14. The Morgan fingerprint density at radius 1 is 1.50 bits per heavy atom. The smallest absolute Gasteiger partial charge is 0.254 e. The molecule has 4 nitrogen and oxygen atoms in total. The number of nitrogens with one attached hydrogen (secondary N) is 1. The van der Waals surface area contributed by atoms with Crippen molar-refractivity contribution in [3.63, 3.8) is 0 Å². The molecule has 1 heterocycles. The summed E-state index contributed by atoms with van der Waals surface area (Å²) in [6.07, 6.45) is 1.71. The molecule has 0 saturated heterocycles. The van der Waals surface area contributed by atoms with E-state index in [0.717, 1.165) is 11.3 Å². The molecule has 1 aromatic carbocycles. The molecule has 0 aliphatic rings. The zero-order valence-corrected chi connectivity index (χ0v) is 13.0. The number of benzene rings is 1. The van der Waals surface area contributed by atoms with Gasteiger partial charge in [0.25, 0.3) is 5.91 Å². The summed E-state index contributed by atoms with van der Waals surface area (Å²) in [7, 11) is 1.83. The Morgan fingerprint density at radius 2 is 2.20 bits per heavy atom. The summed E-state index contributed by atoms with van der Waals surface area (Å²) in [6, 6.07) is 4.04. The third-order valence-electron chi connectivity index (χ3n) is 3.26. The molecule has 1 aromatic heterocycles. The molecular weight excluding hydrogens is 325 g/mol. The van der Waals surface area contributed by atoms with E-state index < -0.39 is 11.7 Å². The average Bonchev–Trinajstić information content (AvgIpc) is 2.73. The molecular formula is C14H15BrFN3O. The van der Waals surface area contributed by atoms with Crippen LogP contribution in [0.15, 0.2) is 28.9 Å². The highest BCUT2D eigenvalue weighted by atomic mass is 79.9. The molecule has 0 fully saturated rings. The van der Waals surface area contributed by atoms with E-state index in [2.05, 4.69) is 26.3 Å². The maximum atomic E-state index is 13.7. The number of halogens is 2.